The van der Waals surface area contributed by atoms with E-state index >= 15 is 0 Å². The lowest BCUT2D eigenvalue weighted by Gasteiger charge is -2.23. The van der Waals surface area contributed by atoms with Gasteiger partial charge < -0.3 is 15.4 Å². The minimum atomic E-state index is 0.536. The highest BCUT2D eigenvalue weighted by Crippen LogP contribution is 2.05. The maximum absolute atomic E-state index is 5.40. The predicted molar refractivity (Wildman–Crippen MR) is 63.3 cm³/mol. The molecule has 2 N–H and O–H groups in total. The van der Waals surface area contributed by atoms with Crippen molar-refractivity contribution in [1.82, 2.24) is 10.6 Å². The summed E-state index contributed by atoms with van der Waals surface area (Å²) in [7, 11) is 0. The number of morpholine rings is 1. The van der Waals surface area contributed by atoms with E-state index in [1.807, 2.05) is 0 Å². The van der Waals surface area contributed by atoms with Crippen LogP contribution in [0.1, 0.15) is 12.0 Å². The molecule has 4 heteroatoms. The number of thiophene rings is 1. The Morgan fingerprint density at radius 1 is 1.60 bits per heavy atom. The van der Waals surface area contributed by atoms with Crippen molar-refractivity contribution < 1.29 is 4.74 Å². The summed E-state index contributed by atoms with van der Waals surface area (Å²) >= 11 is 1.75. The fraction of sp³-hybridized carbons (Fsp3) is 0.636. The van der Waals surface area contributed by atoms with E-state index in [-0.39, 0.29) is 0 Å². The number of nitrogens with one attached hydrogen (secondary N) is 2. The average molecular weight is 226 g/mol. The van der Waals surface area contributed by atoms with Crippen LogP contribution in [-0.4, -0.2) is 32.3 Å². The van der Waals surface area contributed by atoms with E-state index in [1.165, 1.54) is 5.56 Å². The van der Waals surface area contributed by atoms with Crippen molar-refractivity contribution in [3.05, 3.63) is 22.4 Å². The Balaban J connectivity index is 1.54. The first-order valence-corrected chi connectivity index (χ1v) is 6.42. The Labute approximate surface area is 94.8 Å². The van der Waals surface area contributed by atoms with E-state index in [1.54, 1.807) is 11.3 Å². The Morgan fingerprint density at radius 3 is 3.33 bits per heavy atom. The lowest BCUT2D eigenvalue weighted by molar-refractivity contribution is 0.0742. The first-order chi connectivity index (χ1) is 7.45. The summed E-state index contributed by atoms with van der Waals surface area (Å²) in [5, 5.41) is 11.2. The molecule has 15 heavy (non-hydrogen) atoms. The first-order valence-electron chi connectivity index (χ1n) is 5.48. The Morgan fingerprint density at radius 2 is 2.60 bits per heavy atom. The molecule has 0 saturated carbocycles. The number of hydrogen-bond donors (Lipinski definition) is 2. The molecule has 84 valence electrons. The van der Waals surface area contributed by atoms with E-state index in [2.05, 4.69) is 27.5 Å². The van der Waals surface area contributed by atoms with Gasteiger partial charge in [-0.15, -0.1) is 0 Å². The molecule has 2 heterocycles. The van der Waals surface area contributed by atoms with E-state index in [9.17, 15) is 0 Å². The van der Waals surface area contributed by atoms with E-state index < -0.39 is 0 Å². The van der Waals surface area contributed by atoms with Crippen LogP contribution in [0.25, 0.3) is 0 Å². The maximum atomic E-state index is 5.40. The van der Waals surface area contributed by atoms with Crippen molar-refractivity contribution in [2.45, 2.75) is 19.0 Å². The zero-order valence-corrected chi connectivity index (χ0v) is 9.69. The van der Waals surface area contributed by atoms with Crippen LogP contribution in [-0.2, 0) is 11.3 Å². The molecule has 1 atom stereocenters. The van der Waals surface area contributed by atoms with Gasteiger partial charge in [-0.25, -0.2) is 0 Å². The van der Waals surface area contributed by atoms with Gasteiger partial charge in [-0.1, -0.05) is 0 Å². The zero-order chi connectivity index (χ0) is 10.3. The number of rotatable bonds is 5. The second-order valence-corrected chi connectivity index (χ2v) is 4.60. The van der Waals surface area contributed by atoms with Crippen LogP contribution in [0.5, 0.6) is 0 Å². The Hall–Kier alpha value is -0.420. The van der Waals surface area contributed by atoms with Crippen LogP contribution in [0.2, 0.25) is 0 Å². The van der Waals surface area contributed by atoms with Gasteiger partial charge in [0.15, 0.2) is 0 Å². The molecule has 0 aromatic carbocycles. The molecule has 1 aliphatic heterocycles. The fourth-order valence-corrected chi connectivity index (χ4v) is 2.38. The molecule has 1 fully saturated rings. The summed E-state index contributed by atoms with van der Waals surface area (Å²) in [6.07, 6.45) is 1.14. The van der Waals surface area contributed by atoms with Crippen molar-refractivity contribution in [2.75, 3.05) is 26.3 Å². The minimum Gasteiger partial charge on any atom is -0.379 e. The van der Waals surface area contributed by atoms with E-state index in [0.717, 1.165) is 39.3 Å². The molecule has 0 bridgehead atoms. The van der Waals surface area contributed by atoms with Gasteiger partial charge in [0.2, 0.25) is 0 Å². The molecule has 0 spiro atoms. The number of ether oxygens (including phenoxy) is 1. The molecule has 2 rings (SSSR count). The minimum absolute atomic E-state index is 0.536. The van der Waals surface area contributed by atoms with Gasteiger partial charge in [0, 0.05) is 19.1 Å². The van der Waals surface area contributed by atoms with E-state index in [0.29, 0.717) is 6.04 Å². The third kappa shape index (κ3) is 3.91. The standard InChI is InChI=1S/C11H18N2OS/c1(11-8-14-5-4-13-11)3-12-7-10-2-6-15-9-10/h2,6,9,11-13H,1,3-5,7-8H2. The van der Waals surface area contributed by atoms with Crippen LogP contribution in [0.4, 0.5) is 0 Å². The highest BCUT2D eigenvalue weighted by molar-refractivity contribution is 7.07. The van der Waals surface area contributed by atoms with Crippen LogP contribution in [0, 0.1) is 0 Å². The SMILES string of the molecule is c1cc(CNCCC2COCCN2)cs1. The first kappa shape index (κ1) is 11.1. The Bertz CT molecular complexity index is 258. The smallest absolute Gasteiger partial charge is 0.0620 e. The average Bonchev–Trinajstić information content (AvgIpc) is 2.79. The van der Waals surface area contributed by atoms with Gasteiger partial charge in [0.25, 0.3) is 0 Å². The van der Waals surface area contributed by atoms with Crippen molar-refractivity contribution in [3.8, 4) is 0 Å². The van der Waals surface area contributed by atoms with Crippen molar-refractivity contribution in [2.24, 2.45) is 0 Å². The van der Waals surface area contributed by atoms with Crippen molar-refractivity contribution >= 4 is 11.3 Å². The second kappa shape index (κ2) is 6.23. The summed E-state index contributed by atoms with van der Waals surface area (Å²) in [6, 6.07) is 2.70. The van der Waals surface area contributed by atoms with Crippen molar-refractivity contribution in [1.29, 1.82) is 0 Å². The molecule has 1 aliphatic rings. The lowest BCUT2D eigenvalue weighted by Crippen LogP contribution is -2.42. The molecule has 0 amide bonds. The highest BCUT2D eigenvalue weighted by atomic mass is 32.1. The molecule has 3 nitrogen and oxygen atoms in total. The topological polar surface area (TPSA) is 33.3 Å². The molecular formula is C11H18N2OS. The molecule has 1 aromatic heterocycles. The normalized spacial score (nSPS) is 21.7. The summed E-state index contributed by atoms with van der Waals surface area (Å²) in [5.74, 6) is 0. The van der Waals surface area contributed by atoms with Crippen LogP contribution in [0.15, 0.2) is 16.8 Å². The summed E-state index contributed by atoms with van der Waals surface area (Å²) < 4.78 is 5.40. The van der Waals surface area contributed by atoms with Crippen LogP contribution in [0.3, 0.4) is 0 Å². The summed E-state index contributed by atoms with van der Waals surface area (Å²) in [6.45, 7) is 4.75. The highest BCUT2D eigenvalue weighted by Gasteiger charge is 2.11. The largest absolute Gasteiger partial charge is 0.379 e. The fourth-order valence-electron chi connectivity index (χ4n) is 1.71. The zero-order valence-electron chi connectivity index (χ0n) is 8.87. The van der Waals surface area contributed by atoms with Crippen LogP contribution >= 0.6 is 11.3 Å². The van der Waals surface area contributed by atoms with Gasteiger partial charge in [0.1, 0.15) is 0 Å². The maximum Gasteiger partial charge on any atom is 0.0620 e. The summed E-state index contributed by atoms with van der Waals surface area (Å²) in [4.78, 5) is 0. The monoisotopic (exact) mass is 226 g/mol. The molecule has 1 aromatic rings. The molecule has 0 aliphatic carbocycles. The van der Waals surface area contributed by atoms with Gasteiger partial charge in [-0.2, -0.15) is 11.3 Å². The van der Waals surface area contributed by atoms with Crippen LogP contribution < -0.4 is 10.6 Å². The van der Waals surface area contributed by atoms with Gasteiger partial charge in [-0.3, -0.25) is 0 Å². The van der Waals surface area contributed by atoms with E-state index in [4.69, 9.17) is 4.74 Å². The molecule has 1 unspecified atom stereocenters. The Kier molecular flexibility index (Phi) is 4.60. The molecular weight excluding hydrogens is 208 g/mol. The third-order valence-corrected chi connectivity index (χ3v) is 3.31. The third-order valence-electron chi connectivity index (χ3n) is 2.58. The molecule has 0 radical (unpaired) electrons. The lowest BCUT2D eigenvalue weighted by atomic mass is 10.2. The van der Waals surface area contributed by atoms with Crippen molar-refractivity contribution in [3.63, 3.8) is 0 Å². The van der Waals surface area contributed by atoms with Gasteiger partial charge in [0.05, 0.1) is 13.2 Å². The second-order valence-electron chi connectivity index (χ2n) is 3.82. The van der Waals surface area contributed by atoms with Gasteiger partial charge >= 0.3 is 0 Å². The number of hydrogen-bond acceptors (Lipinski definition) is 4. The summed E-state index contributed by atoms with van der Waals surface area (Å²) in [5.41, 5.74) is 1.38. The van der Waals surface area contributed by atoms with Gasteiger partial charge in [-0.05, 0) is 35.4 Å². The predicted octanol–water partition coefficient (Wildman–Crippen LogP) is 1.22. The molecule has 1 saturated heterocycles. The quantitative estimate of drug-likeness (QED) is 0.741.